The van der Waals surface area contributed by atoms with E-state index in [1.165, 1.54) is 36.6 Å². The summed E-state index contributed by atoms with van der Waals surface area (Å²) < 4.78 is 14.3. The fraction of sp³-hybridized carbons (Fsp3) is 0.429. The summed E-state index contributed by atoms with van der Waals surface area (Å²) in [6, 6.07) is 8.06. The first kappa shape index (κ1) is 11.2. The van der Waals surface area contributed by atoms with E-state index in [0.29, 0.717) is 6.04 Å². The highest BCUT2D eigenvalue weighted by Gasteiger charge is 2.14. The van der Waals surface area contributed by atoms with E-state index >= 15 is 0 Å². The Labute approximate surface area is 105 Å². The monoisotopic (exact) mass is 249 g/mol. The van der Waals surface area contributed by atoms with Crippen molar-refractivity contribution in [3.05, 3.63) is 35.0 Å². The summed E-state index contributed by atoms with van der Waals surface area (Å²) in [6.07, 6.45) is 5.27. The van der Waals surface area contributed by atoms with Gasteiger partial charge in [-0.15, -0.1) is 11.3 Å². The lowest BCUT2D eigenvalue weighted by molar-refractivity contribution is 0.527. The van der Waals surface area contributed by atoms with E-state index in [9.17, 15) is 4.39 Å². The molecule has 0 spiro atoms. The highest BCUT2D eigenvalue weighted by atomic mass is 32.1. The highest BCUT2D eigenvalue weighted by Crippen LogP contribution is 2.28. The number of benzene rings is 1. The maximum Gasteiger partial charge on any atom is 0.140 e. The molecule has 2 aromatic rings. The molecule has 0 aliphatic heterocycles. The van der Waals surface area contributed by atoms with Crippen LogP contribution in [-0.4, -0.2) is 6.04 Å². The number of fused-ring (bicyclic) bond motifs is 1. The molecule has 1 heterocycles. The molecule has 0 atom stereocenters. The van der Waals surface area contributed by atoms with E-state index < -0.39 is 0 Å². The molecule has 17 heavy (non-hydrogen) atoms. The van der Waals surface area contributed by atoms with E-state index in [4.69, 9.17) is 0 Å². The lowest BCUT2D eigenvalue weighted by atomic mass is 10.2. The molecule has 1 aliphatic carbocycles. The van der Waals surface area contributed by atoms with E-state index in [0.717, 1.165) is 16.6 Å². The molecule has 1 nitrogen and oxygen atoms in total. The van der Waals surface area contributed by atoms with Crippen LogP contribution in [0.2, 0.25) is 0 Å². The summed E-state index contributed by atoms with van der Waals surface area (Å²) >= 11 is 1.57. The lowest BCUT2D eigenvalue weighted by Crippen LogP contribution is -2.24. The molecule has 1 N–H and O–H groups in total. The van der Waals surface area contributed by atoms with Gasteiger partial charge in [0.2, 0.25) is 0 Å². The Bertz CT molecular complexity index is 514. The standard InChI is InChI=1S/C14H16FNS/c15-13-7-3-4-10-8-12(17-14(10)13)9-16-11-5-1-2-6-11/h3-4,7-8,11,16H,1-2,5-6,9H2. The first-order valence-corrected chi connectivity index (χ1v) is 7.05. The third-order valence-corrected chi connectivity index (χ3v) is 4.63. The predicted octanol–water partition coefficient (Wildman–Crippen LogP) is 4.07. The molecule has 0 amide bonds. The van der Waals surface area contributed by atoms with Gasteiger partial charge in [-0.05, 0) is 30.4 Å². The minimum Gasteiger partial charge on any atom is -0.309 e. The maximum atomic E-state index is 13.5. The molecule has 3 rings (SSSR count). The molecule has 3 heteroatoms. The van der Waals surface area contributed by atoms with Gasteiger partial charge in [0.1, 0.15) is 5.82 Å². The molecule has 1 aromatic carbocycles. The van der Waals surface area contributed by atoms with Crippen molar-refractivity contribution in [2.75, 3.05) is 0 Å². The highest BCUT2D eigenvalue weighted by molar-refractivity contribution is 7.19. The molecule has 1 fully saturated rings. The Morgan fingerprint density at radius 2 is 2.12 bits per heavy atom. The Morgan fingerprint density at radius 3 is 2.88 bits per heavy atom. The van der Waals surface area contributed by atoms with Crippen molar-refractivity contribution in [2.45, 2.75) is 38.3 Å². The zero-order valence-electron chi connectivity index (χ0n) is 9.71. The largest absolute Gasteiger partial charge is 0.309 e. The number of hydrogen-bond acceptors (Lipinski definition) is 2. The van der Waals surface area contributed by atoms with Crippen molar-refractivity contribution in [3.63, 3.8) is 0 Å². The molecule has 90 valence electrons. The van der Waals surface area contributed by atoms with Gasteiger partial charge < -0.3 is 5.32 Å². The van der Waals surface area contributed by atoms with Gasteiger partial charge in [-0.25, -0.2) is 4.39 Å². The van der Waals surface area contributed by atoms with Crippen LogP contribution in [0.4, 0.5) is 4.39 Å². The van der Waals surface area contributed by atoms with Gasteiger partial charge in [-0.1, -0.05) is 25.0 Å². The smallest absolute Gasteiger partial charge is 0.140 e. The van der Waals surface area contributed by atoms with Crippen LogP contribution >= 0.6 is 11.3 Å². The van der Waals surface area contributed by atoms with E-state index in [-0.39, 0.29) is 5.82 Å². The molecular formula is C14H16FNS. The Kier molecular flexibility index (Phi) is 3.12. The van der Waals surface area contributed by atoms with Crippen LogP contribution < -0.4 is 5.32 Å². The number of thiophene rings is 1. The van der Waals surface area contributed by atoms with Crippen molar-refractivity contribution < 1.29 is 4.39 Å². The second-order valence-electron chi connectivity index (χ2n) is 4.73. The van der Waals surface area contributed by atoms with Crippen LogP contribution in [0.5, 0.6) is 0 Å². The van der Waals surface area contributed by atoms with Crippen molar-refractivity contribution >= 4 is 21.4 Å². The van der Waals surface area contributed by atoms with Crippen LogP contribution in [0.3, 0.4) is 0 Å². The van der Waals surface area contributed by atoms with E-state index in [1.54, 1.807) is 17.4 Å². The number of halogens is 1. The van der Waals surface area contributed by atoms with Gasteiger partial charge in [0.25, 0.3) is 0 Å². The SMILES string of the molecule is Fc1cccc2cc(CNC3CCCC3)sc12. The quantitative estimate of drug-likeness (QED) is 0.864. The van der Waals surface area contributed by atoms with Gasteiger partial charge in [0.05, 0.1) is 4.70 Å². The Balaban J connectivity index is 1.74. The molecule has 0 unspecified atom stereocenters. The summed E-state index contributed by atoms with van der Waals surface area (Å²) in [5.74, 6) is -0.0976. The van der Waals surface area contributed by atoms with Gasteiger partial charge >= 0.3 is 0 Å². The summed E-state index contributed by atoms with van der Waals surface area (Å²) in [7, 11) is 0. The van der Waals surface area contributed by atoms with Crippen molar-refractivity contribution in [2.24, 2.45) is 0 Å². The van der Waals surface area contributed by atoms with Crippen molar-refractivity contribution in [3.8, 4) is 0 Å². The second-order valence-corrected chi connectivity index (χ2v) is 5.87. The van der Waals surface area contributed by atoms with Crippen LogP contribution in [0.1, 0.15) is 30.6 Å². The topological polar surface area (TPSA) is 12.0 Å². The molecule has 1 saturated carbocycles. The summed E-state index contributed by atoms with van der Waals surface area (Å²) in [4.78, 5) is 1.23. The summed E-state index contributed by atoms with van der Waals surface area (Å²) in [6.45, 7) is 0.878. The molecule has 1 aliphatic rings. The van der Waals surface area contributed by atoms with E-state index in [2.05, 4.69) is 11.4 Å². The average Bonchev–Trinajstić information content (AvgIpc) is 2.95. The fourth-order valence-corrected chi connectivity index (χ4v) is 3.56. The van der Waals surface area contributed by atoms with Crippen LogP contribution in [-0.2, 0) is 6.54 Å². The molecule has 1 aromatic heterocycles. The third-order valence-electron chi connectivity index (χ3n) is 3.47. The van der Waals surface area contributed by atoms with E-state index in [1.807, 2.05) is 6.07 Å². The van der Waals surface area contributed by atoms with Crippen LogP contribution in [0.15, 0.2) is 24.3 Å². The third kappa shape index (κ3) is 2.35. The Morgan fingerprint density at radius 1 is 1.29 bits per heavy atom. The Hall–Kier alpha value is -0.930. The fourth-order valence-electron chi connectivity index (χ4n) is 2.54. The lowest BCUT2D eigenvalue weighted by Gasteiger charge is -2.09. The number of nitrogens with one attached hydrogen (secondary N) is 1. The van der Waals surface area contributed by atoms with Crippen LogP contribution in [0.25, 0.3) is 10.1 Å². The number of hydrogen-bond donors (Lipinski definition) is 1. The summed E-state index contributed by atoms with van der Waals surface area (Å²) in [5.41, 5.74) is 0. The van der Waals surface area contributed by atoms with Gasteiger partial charge in [0.15, 0.2) is 0 Å². The zero-order valence-corrected chi connectivity index (χ0v) is 10.5. The van der Waals surface area contributed by atoms with Gasteiger partial charge in [-0.3, -0.25) is 0 Å². The first-order valence-electron chi connectivity index (χ1n) is 6.23. The average molecular weight is 249 g/mol. The number of rotatable bonds is 3. The minimum absolute atomic E-state index is 0.0976. The molecular weight excluding hydrogens is 233 g/mol. The van der Waals surface area contributed by atoms with Gasteiger partial charge in [-0.2, -0.15) is 0 Å². The normalized spacial score (nSPS) is 17.0. The van der Waals surface area contributed by atoms with Crippen molar-refractivity contribution in [1.29, 1.82) is 0 Å². The zero-order chi connectivity index (χ0) is 11.7. The van der Waals surface area contributed by atoms with Gasteiger partial charge in [0, 0.05) is 17.5 Å². The maximum absolute atomic E-state index is 13.5. The molecule has 0 saturated heterocycles. The first-order chi connectivity index (χ1) is 8.33. The van der Waals surface area contributed by atoms with Crippen LogP contribution in [0, 0.1) is 5.82 Å². The second kappa shape index (κ2) is 4.75. The summed E-state index contributed by atoms with van der Waals surface area (Å²) in [5, 5.41) is 4.59. The predicted molar refractivity (Wildman–Crippen MR) is 70.9 cm³/mol. The van der Waals surface area contributed by atoms with Crippen molar-refractivity contribution in [1.82, 2.24) is 5.32 Å². The molecule has 0 radical (unpaired) electrons. The molecule has 0 bridgehead atoms. The minimum atomic E-state index is -0.0976.